The molecule has 2 nitrogen and oxygen atoms in total. The molecule has 1 aromatic rings. The van der Waals surface area contributed by atoms with Gasteiger partial charge in [-0.1, -0.05) is 24.8 Å². The molecule has 0 unspecified atom stereocenters. The zero-order valence-electron chi connectivity index (χ0n) is 7.29. The van der Waals surface area contributed by atoms with Crippen LogP contribution in [0.15, 0.2) is 48.7 Å². The summed E-state index contributed by atoms with van der Waals surface area (Å²) < 4.78 is 0. The van der Waals surface area contributed by atoms with E-state index < -0.39 is 0 Å². The minimum atomic E-state index is -0.0768. The van der Waals surface area contributed by atoms with Crippen LogP contribution in [-0.4, -0.2) is 12.5 Å². The zero-order valence-corrected chi connectivity index (χ0v) is 7.29. The van der Waals surface area contributed by atoms with Crippen molar-refractivity contribution < 1.29 is 4.79 Å². The van der Waals surface area contributed by atoms with Gasteiger partial charge in [-0.15, -0.1) is 5.73 Å². The molecule has 0 heterocycles. The second kappa shape index (κ2) is 4.96. The van der Waals surface area contributed by atoms with Crippen molar-refractivity contribution in [1.29, 1.82) is 0 Å². The van der Waals surface area contributed by atoms with Crippen LogP contribution in [0.3, 0.4) is 0 Å². The van der Waals surface area contributed by atoms with Crippen molar-refractivity contribution in [3.63, 3.8) is 0 Å². The summed E-state index contributed by atoms with van der Waals surface area (Å²) in [5, 5.41) is 2.70. The highest BCUT2D eigenvalue weighted by atomic mass is 16.1. The van der Waals surface area contributed by atoms with Gasteiger partial charge in [0.05, 0.1) is 0 Å². The summed E-state index contributed by atoms with van der Waals surface area (Å²) >= 11 is 0. The Kier molecular flexibility index (Phi) is 3.55. The van der Waals surface area contributed by atoms with E-state index in [1.807, 2.05) is 18.2 Å². The molecule has 13 heavy (non-hydrogen) atoms. The van der Waals surface area contributed by atoms with Gasteiger partial charge in [0.1, 0.15) is 0 Å². The van der Waals surface area contributed by atoms with Crippen LogP contribution in [0.1, 0.15) is 10.4 Å². The number of amides is 1. The molecule has 1 rings (SSSR count). The van der Waals surface area contributed by atoms with Gasteiger partial charge in [-0.05, 0) is 18.2 Å². The topological polar surface area (TPSA) is 29.1 Å². The molecule has 0 bridgehead atoms. The summed E-state index contributed by atoms with van der Waals surface area (Å²) in [6, 6.07) is 9.08. The Morgan fingerprint density at radius 2 is 2.15 bits per heavy atom. The van der Waals surface area contributed by atoms with E-state index in [1.54, 1.807) is 18.2 Å². The first-order valence-electron chi connectivity index (χ1n) is 4.02. The quantitative estimate of drug-likeness (QED) is 0.693. The summed E-state index contributed by atoms with van der Waals surface area (Å²) in [6.45, 7) is 3.87. The number of hydrogen-bond donors (Lipinski definition) is 1. The molecule has 0 saturated carbocycles. The lowest BCUT2D eigenvalue weighted by Gasteiger charge is -2.00. The largest absolute Gasteiger partial charge is 0.348 e. The summed E-state index contributed by atoms with van der Waals surface area (Å²) in [7, 11) is 0. The Morgan fingerprint density at radius 3 is 2.77 bits per heavy atom. The van der Waals surface area contributed by atoms with Gasteiger partial charge in [-0.3, -0.25) is 4.79 Å². The summed E-state index contributed by atoms with van der Waals surface area (Å²) in [5.74, 6) is -0.0768. The van der Waals surface area contributed by atoms with Gasteiger partial charge in [-0.2, -0.15) is 0 Å². The maximum atomic E-state index is 11.3. The van der Waals surface area contributed by atoms with Crippen molar-refractivity contribution in [1.82, 2.24) is 5.32 Å². The highest BCUT2D eigenvalue weighted by Crippen LogP contribution is 1.96. The lowest BCUT2D eigenvalue weighted by molar-refractivity contribution is 0.0958. The van der Waals surface area contributed by atoms with Crippen LogP contribution < -0.4 is 5.32 Å². The van der Waals surface area contributed by atoms with Crippen LogP contribution >= 0.6 is 0 Å². The monoisotopic (exact) mass is 173 g/mol. The van der Waals surface area contributed by atoms with Crippen molar-refractivity contribution >= 4 is 5.91 Å². The van der Waals surface area contributed by atoms with Crippen LogP contribution in [0.5, 0.6) is 0 Å². The molecule has 0 aliphatic carbocycles. The lowest BCUT2D eigenvalue weighted by Crippen LogP contribution is -2.22. The molecule has 66 valence electrons. The number of carbonyl (C=O) groups excluding carboxylic acids is 1. The van der Waals surface area contributed by atoms with Gasteiger partial charge in [0, 0.05) is 12.1 Å². The fourth-order valence-electron chi connectivity index (χ4n) is 0.907. The van der Waals surface area contributed by atoms with E-state index in [0.29, 0.717) is 12.1 Å². The molecule has 0 fully saturated rings. The SMILES string of the molecule is C=C=CCNC(=O)c1ccccc1. The Hall–Kier alpha value is -1.79. The minimum Gasteiger partial charge on any atom is -0.348 e. The molecular weight excluding hydrogens is 162 g/mol. The molecule has 0 aliphatic heterocycles. The predicted octanol–water partition coefficient (Wildman–Crippen LogP) is 1.76. The van der Waals surface area contributed by atoms with Crippen LogP contribution in [0.4, 0.5) is 0 Å². The van der Waals surface area contributed by atoms with Crippen LogP contribution in [0.25, 0.3) is 0 Å². The van der Waals surface area contributed by atoms with E-state index in [2.05, 4.69) is 17.6 Å². The lowest BCUT2D eigenvalue weighted by atomic mass is 10.2. The van der Waals surface area contributed by atoms with Crippen molar-refractivity contribution in [3.8, 4) is 0 Å². The van der Waals surface area contributed by atoms with E-state index in [-0.39, 0.29) is 5.91 Å². The van der Waals surface area contributed by atoms with E-state index >= 15 is 0 Å². The molecule has 0 radical (unpaired) electrons. The molecule has 1 amide bonds. The second-order valence-electron chi connectivity index (χ2n) is 2.48. The van der Waals surface area contributed by atoms with Gasteiger partial charge in [0.25, 0.3) is 5.91 Å². The smallest absolute Gasteiger partial charge is 0.251 e. The van der Waals surface area contributed by atoms with Crippen LogP contribution in [0.2, 0.25) is 0 Å². The van der Waals surface area contributed by atoms with E-state index in [9.17, 15) is 4.79 Å². The molecule has 0 atom stereocenters. The fraction of sp³-hybridized carbons (Fsp3) is 0.0909. The van der Waals surface area contributed by atoms with Crippen molar-refractivity contribution in [2.24, 2.45) is 0 Å². The van der Waals surface area contributed by atoms with Gasteiger partial charge in [0.15, 0.2) is 0 Å². The molecule has 1 N–H and O–H groups in total. The average Bonchev–Trinajstić information content (AvgIpc) is 2.19. The van der Waals surface area contributed by atoms with E-state index in [4.69, 9.17) is 0 Å². The summed E-state index contributed by atoms with van der Waals surface area (Å²) in [4.78, 5) is 11.3. The fourth-order valence-corrected chi connectivity index (χ4v) is 0.907. The standard InChI is InChI=1S/C11H11NO/c1-2-3-9-12-11(13)10-7-5-4-6-8-10/h3-8H,1,9H2,(H,12,13). The third kappa shape index (κ3) is 2.97. The highest BCUT2D eigenvalue weighted by Gasteiger charge is 2.00. The molecule has 0 aromatic heterocycles. The van der Waals surface area contributed by atoms with Gasteiger partial charge in [-0.25, -0.2) is 0 Å². The number of nitrogens with one attached hydrogen (secondary N) is 1. The minimum absolute atomic E-state index is 0.0768. The first-order chi connectivity index (χ1) is 6.34. The molecule has 0 aliphatic rings. The Bertz CT molecular complexity index is 323. The Balaban J connectivity index is 2.54. The van der Waals surface area contributed by atoms with E-state index in [0.717, 1.165) is 0 Å². The number of rotatable bonds is 3. The third-order valence-corrected chi connectivity index (χ3v) is 1.54. The number of hydrogen-bond acceptors (Lipinski definition) is 1. The second-order valence-corrected chi connectivity index (χ2v) is 2.48. The molecule has 0 saturated heterocycles. The van der Waals surface area contributed by atoms with Crippen LogP contribution in [-0.2, 0) is 0 Å². The third-order valence-electron chi connectivity index (χ3n) is 1.54. The first-order valence-corrected chi connectivity index (χ1v) is 4.02. The normalized spacial score (nSPS) is 8.62. The maximum absolute atomic E-state index is 11.3. The molecule has 1 aromatic carbocycles. The summed E-state index contributed by atoms with van der Waals surface area (Å²) in [6.07, 6.45) is 1.67. The number of benzene rings is 1. The van der Waals surface area contributed by atoms with Crippen LogP contribution in [0, 0.1) is 0 Å². The van der Waals surface area contributed by atoms with Crippen molar-refractivity contribution in [2.75, 3.05) is 6.54 Å². The highest BCUT2D eigenvalue weighted by molar-refractivity contribution is 5.94. The van der Waals surface area contributed by atoms with Crippen molar-refractivity contribution in [3.05, 3.63) is 54.3 Å². The van der Waals surface area contributed by atoms with Gasteiger partial charge < -0.3 is 5.32 Å². The first kappa shape index (κ1) is 9.30. The molecule has 2 heteroatoms. The van der Waals surface area contributed by atoms with Gasteiger partial charge in [0.2, 0.25) is 0 Å². The van der Waals surface area contributed by atoms with Gasteiger partial charge >= 0.3 is 0 Å². The summed E-state index contributed by atoms with van der Waals surface area (Å²) in [5.41, 5.74) is 3.25. The molecular formula is C11H11NO. The maximum Gasteiger partial charge on any atom is 0.251 e. The average molecular weight is 173 g/mol. The Morgan fingerprint density at radius 1 is 1.46 bits per heavy atom. The Labute approximate surface area is 77.6 Å². The van der Waals surface area contributed by atoms with Crippen molar-refractivity contribution in [2.45, 2.75) is 0 Å². The van der Waals surface area contributed by atoms with E-state index in [1.165, 1.54) is 0 Å². The number of carbonyl (C=O) groups is 1. The molecule has 0 spiro atoms. The zero-order chi connectivity index (χ0) is 9.52. The predicted molar refractivity (Wildman–Crippen MR) is 52.5 cm³/mol.